The smallest absolute Gasteiger partial charge is 0.275 e. The molecule has 9 nitrogen and oxygen atoms in total. The van der Waals surface area contributed by atoms with E-state index in [-0.39, 0.29) is 29.5 Å². The van der Waals surface area contributed by atoms with Crippen molar-refractivity contribution in [2.75, 3.05) is 5.32 Å². The Morgan fingerprint density at radius 1 is 1.36 bits per heavy atom. The summed E-state index contributed by atoms with van der Waals surface area (Å²) in [6.07, 6.45) is 5.12. The molecule has 10 heteroatoms. The Hall–Kier alpha value is -3.02. The van der Waals surface area contributed by atoms with Crippen LogP contribution in [0.5, 0.6) is 11.5 Å². The number of nitrogens with zero attached hydrogens (tertiary/aromatic N) is 4. The topological polar surface area (TPSA) is 112 Å². The Morgan fingerprint density at radius 3 is 2.82 bits per heavy atom. The van der Waals surface area contributed by atoms with Gasteiger partial charge in [0, 0.05) is 37.5 Å². The second kappa shape index (κ2) is 8.78. The molecule has 28 heavy (non-hydrogen) atoms. The first-order valence-electron chi connectivity index (χ1n) is 8.27. The zero-order valence-electron chi connectivity index (χ0n) is 14.8. The molecule has 1 amide bonds. The highest BCUT2D eigenvalue weighted by atomic mass is 127. The molecule has 0 aliphatic carbocycles. The molecular weight excluding hydrogens is 477 g/mol. The molecule has 3 aromatic rings. The van der Waals surface area contributed by atoms with Gasteiger partial charge >= 0.3 is 0 Å². The number of hydrogen-bond acceptors (Lipinski definition) is 6. The van der Waals surface area contributed by atoms with E-state index < -0.39 is 4.92 Å². The second-order valence-electron chi connectivity index (χ2n) is 5.89. The van der Waals surface area contributed by atoms with Crippen molar-refractivity contribution in [3.05, 3.63) is 68.3 Å². The summed E-state index contributed by atoms with van der Waals surface area (Å²) in [7, 11) is 0. The fourth-order valence-corrected chi connectivity index (χ4v) is 2.84. The van der Waals surface area contributed by atoms with Crippen molar-refractivity contribution in [1.29, 1.82) is 0 Å². The number of hydrogen-bond donors (Lipinski definition) is 1. The van der Waals surface area contributed by atoms with Gasteiger partial charge in [-0.05, 0) is 41.6 Å². The maximum absolute atomic E-state index is 12.3. The van der Waals surface area contributed by atoms with Crippen molar-refractivity contribution >= 4 is 39.9 Å². The minimum absolute atomic E-state index is 0.179. The van der Waals surface area contributed by atoms with E-state index in [1.807, 2.05) is 13.1 Å². The maximum Gasteiger partial charge on any atom is 0.275 e. The van der Waals surface area contributed by atoms with Crippen molar-refractivity contribution in [3.8, 4) is 11.5 Å². The number of non-ortho nitro benzene ring substituents is 1. The van der Waals surface area contributed by atoms with Crippen LogP contribution in [0.4, 0.5) is 11.4 Å². The van der Waals surface area contributed by atoms with Crippen LogP contribution in [0.1, 0.15) is 12.1 Å². The number of nitro groups is 1. The summed E-state index contributed by atoms with van der Waals surface area (Å²) in [5.74, 6) is 0.384. The van der Waals surface area contributed by atoms with Crippen LogP contribution in [0.15, 0.2) is 48.9 Å². The fourth-order valence-electron chi connectivity index (χ4n) is 2.41. The number of carbonyl (C=O) groups excluding carboxylic acids is 1. The highest BCUT2D eigenvalue weighted by Gasteiger charge is 2.13. The number of nitro benzene ring substituents is 1. The molecule has 0 saturated heterocycles. The molecule has 0 spiro atoms. The summed E-state index contributed by atoms with van der Waals surface area (Å²) in [5, 5.41) is 18.2. The van der Waals surface area contributed by atoms with Gasteiger partial charge in [0.25, 0.3) is 5.69 Å². The van der Waals surface area contributed by atoms with E-state index in [1.54, 1.807) is 23.0 Å². The molecule has 144 valence electrons. The molecule has 2 heterocycles. The molecule has 2 aromatic heterocycles. The Balaban J connectivity index is 1.71. The molecule has 0 saturated carbocycles. The van der Waals surface area contributed by atoms with Crippen LogP contribution >= 0.6 is 22.6 Å². The van der Waals surface area contributed by atoms with Crippen molar-refractivity contribution in [3.63, 3.8) is 0 Å². The van der Waals surface area contributed by atoms with Crippen LogP contribution in [-0.4, -0.2) is 25.6 Å². The van der Waals surface area contributed by atoms with Crippen LogP contribution < -0.4 is 10.1 Å². The van der Waals surface area contributed by atoms with E-state index in [1.165, 1.54) is 24.4 Å². The molecular formula is C18H16IN5O4. The molecule has 1 N–H and O–H groups in total. The summed E-state index contributed by atoms with van der Waals surface area (Å²) in [5.41, 5.74) is 0.996. The van der Waals surface area contributed by atoms with Gasteiger partial charge in [-0.1, -0.05) is 0 Å². The first-order chi connectivity index (χ1) is 13.4. The van der Waals surface area contributed by atoms with Gasteiger partial charge in [0.15, 0.2) is 0 Å². The summed E-state index contributed by atoms with van der Waals surface area (Å²) < 4.78 is 8.32. The Morgan fingerprint density at radius 2 is 2.18 bits per heavy atom. The highest BCUT2D eigenvalue weighted by molar-refractivity contribution is 14.1. The highest BCUT2D eigenvalue weighted by Crippen LogP contribution is 2.29. The fraction of sp³-hybridized carbons (Fsp3) is 0.167. The SMILES string of the molecule is Cc1nn(CCC(=O)Nc2cc(Oc3cccnc3)cc([N+](=O)[O-])c2)cc1I. The largest absolute Gasteiger partial charge is 0.455 e. The van der Waals surface area contributed by atoms with Crippen molar-refractivity contribution < 1.29 is 14.5 Å². The second-order valence-corrected chi connectivity index (χ2v) is 7.05. The normalized spacial score (nSPS) is 10.5. The average molecular weight is 493 g/mol. The molecule has 0 aliphatic heterocycles. The number of aromatic nitrogens is 3. The zero-order valence-corrected chi connectivity index (χ0v) is 17.0. The summed E-state index contributed by atoms with van der Waals surface area (Å²) in [4.78, 5) is 26.8. The lowest BCUT2D eigenvalue weighted by Crippen LogP contribution is -2.15. The first kappa shape index (κ1) is 19.7. The standard InChI is InChI=1S/C18H16IN5O4/c1-12-17(19)11-23(22-12)6-4-18(25)21-13-7-14(24(26)27)9-16(8-13)28-15-3-2-5-20-10-15/h2-3,5,7-11H,4,6H2,1H3,(H,21,25). The molecule has 1 aromatic carbocycles. The molecule has 0 unspecified atom stereocenters. The summed E-state index contributed by atoms with van der Waals surface area (Å²) in [6, 6.07) is 7.47. The monoisotopic (exact) mass is 493 g/mol. The summed E-state index contributed by atoms with van der Waals surface area (Å²) in [6.45, 7) is 2.30. The van der Waals surface area contributed by atoms with E-state index in [0.29, 0.717) is 12.3 Å². The van der Waals surface area contributed by atoms with Gasteiger partial charge < -0.3 is 10.1 Å². The lowest BCUT2D eigenvalue weighted by molar-refractivity contribution is -0.384. The lowest BCUT2D eigenvalue weighted by Gasteiger charge is -2.09. The van der Waals surface area contributed by atoms with Gasteiger partial charge in [-0.15, -0.1) is 0 Å². The van der Waals surface area contributed by atoms with E-state index in [2.05, 4.69) is 38.0 Å². The quantitative estimate of drug-likeness (QED) is 0.304. The minimum Gasteiger partial charge on any atom is -0.455 e. The van der Waals surface area contributed by atoms with Crippen LogP contribution in [0.2, 0.25) is 0 Å². The third kappa shape index (κ3) is 5.25. The number of carbonyl (C=O) groups is 1. The first-order valence-corrected chi connectivity index (χ1v) is 9.35. The Kier molecular flexibility index (Phi) is 6.19. The third-order valence-corrected chi connectivity index (χ3v) is 4.77. The van der Waals surface area contributed by atoms with E-state index >= 15 is 0 Å². The molecule has 3 rings (SSSR count). The van der Waals surface area contributed by atoms with Crippen LogP contribution in [0, 0.1) is 20.6 Å². The van der Waals surface area contributed by atoms with Crippen molar-refractivity contribution in [1.82, 2.24) is 14.8 Å². The molecule has 0 fully saturated rings. The lowest BCUT2D eigenvalue weighted by atomic mass is 10.2. The number of amides is 1. The number of halogens is 1. The number of nitrogens with one attached hydrogen (secondary N) is 1. The molecule has 0 atom stereocenters. The number of aryl methyl sites for hydroxylation is 2. The molecule has 0 radical (unpaired) electrons. The number of pyridine rings is 1. The van der Waals surface area contributed by atoms with E-state index in [9.17, 15) is 14.9 Å². The van der Waals surface area contributed by atoms with E-state index in [0.717, 1.165) is 9.26 Å². The van der Waals surface area contributed by atoms with Crippen molar-refractivity contribution in [2.24, 2.45) is 0 Å². The minimum atomic E-state index is -0.541. The number of benzene rings is 1. The number of anilines is 1. The third-order valence-electron chi connectivity index (χ3n) is 3.71. The van der Waals surface area contributed by atoms with Gasteiger partial charge in [0.05, 0.1) is 32.1 Å². The van der Waals surface area contributed by atoms with Gasteiger partial charge in [-0.2, -0.15) is 5.10 Å². The predicted octanol–water partition coefficient (Wildman–Crippen LogP) is 3.92. The van der Waals surface area contributed by atoms with Gasteiger partial charge in [-0.25, -0.2) is 0 Å². The Labute approximate surface area is 174 Å². The average Bonchev–Trinajstić information content (AvgIpc) is 2.98. The van der Waals surface area contributed by atoms with Gasteiger partial charge in [0.1, 0.15) is 11.5 Å². The van der Waals surface area contributed by atoms with Gasteiger partial charge in [-0.3, -0.25) is 24.6 Å². The van der Waals surface area contributed by atoms with Crippen LogP contribution in [0.25, 0.3) is 0 Å². The summed E-state index contributed by atoms with van der Waals surface area (Å²) >= 11 is 2.18. The number of ether oxygens (including phenoxy) is 1. The van der Waals surface area contributed by atoms with E-state index in [4.69, 9.17) is 4.74 Å². The predicted molar refractivity (Wildman–Crippen MR) is 110 cm³/mol. The van der Waals surface area contributed by atoms with Gasteiger partial charge in [0.2, 0.25) is 5.91 Å². The molecule has 0 aliphatic rings. The zero-order chi connectivity index (χ0) is 20.1. The Bertz CT molecular complexity index is 987. The number of rotatable bonds is 7. The molecule has 0 bridgehead atoms. The van der Waals surface area contributed by atoms with Crippen LogP contribution in [-0.2, 0) is 11.3 Å². The van der Waals surface area contributed by atoms with Crippen LogP contribution in [0.3, 0.4) is 0 Å². The van der Waals surface area contributed by atoms with Crippen molar-refractivity contribution in [2.45, 2.75) is 19.9 Å². The maximum atomic E-state index is 12.3.